The standard InChI is InChI=1S/C16H15BrClF2N/c1-2-21-15(10-5-3-6-12(17)16(10)18)9-11-13(19)7-4-8-14(11)20/h3-8,15,21H,2,9H2,1H3. The molecule has 2 rings (SSSR count). The predicted octanol–water partition coefficient (Wildman–Crippen LogP) is 5.27. The summed E-state index contributed by atoms with van der Waals surface area (Å²) in [6, 6.07) is 9.19. The number of hydrogen-bond acceptors (Lipinski definition) is 1. The van der Waals surface area contributed by atoms with Gasteiger partial charge < -0.3 is 5.32 Å². The number of nitrogens with one attached hydrogen (secondary N) is 1. The zero-order valence-corrected chi connectivity index (χ0v) is 13.8. The zero-order chi connectivity index (χ0) is 15.4. The van der Waals surface area contributed by atoms with Crippen LogP contribution in [0.1, 0.15) is 24.1 Å². The summed E-state index contributed by atoms with van der Waals surface area (Å²) in [5.41, 5.74) is 0.884. The Balaban J connectivity index is 2.38. The first kappa shape index (κ1) is 16.4. The van der Waals surface area contributed by atoms with E-state index in [1.807, 2.05) is 25.1 Å². The van der Waals surface area contributed by atoms with Gasteiger partial charge in [-0.05, 0) is 52.7 Å². The predicted molar refractivity (Wildman–Crippen MR) is 85.6 cm³/mol. The first-order chi connectivity index (χ1) is 10.0. The van der Waals surface area contributed by atoms with Crippen LogP contribution in [0.3, 0.4) is 0 Å². The molecule has 1 unspecified atom stereocenters. The SMILES string of the molecule is CCNC(Cc1c(F)cccc1F)c1cccc(Br)c1Cl. The molecule has 0 spiro atoms. The number of hydrogen-bond donors (Lipinski definition) is 1. The largest absolute Gasteiger partial charge is 0.310 e. The first-order valence-electron chi connectivity index (χ1n) is 6.64. The minimum Gasteiger partial charge on any atom is -0.310 e. The van der Waals surface area contributed by atoms with Crippen LogP contribution in [0.5, 0.6) is 0 Å². The lowest BCUT2D eigenvalue weighted by atomic mass is 9.98. The van der Waals surface area contributed by atoms with Crippen molar-refractivity contribution in [3.63, 3.8) is 0 Å². The number of benzene rings is 2. The molecule has 21 heavy (non-hydrogen) atoms. The van der Waals surface area contributed by atoms with Gasteiger partial charge in [0.2, 0.25) is 0 Å². The van der Waals surface area contributed by atoms with Gasteiger partial charge in [-0.2, -0.15) is 0 Å². The molecule has 0 radical (unpaired) electrons. The lowest BCUT2D eigenvalue weighted by molar-refractivity contribution is 0.499. The van der Waals surface area contributed by atoms with Gasteiger partial charge in [0.1, 0.15) is 11.6 Å². The highest BCUT2D eigenvalue weighted by atomic mass is 79.9. The fourth-order valence-corrected chi connectivity index (χ4v) is 2.90. The van der Waals surface area contributed by atoms with Crippen LogP contribution in [0.15, 0.2) is 40.9 Å². The van der Waals surface area contributed by atoms with Gasteiger partial charge in [-0.15, -0.1) is 0 Å². The summed E-state index contributed by atoms with van der Waals surface area (Å²) in [6.45, 7) is 2.61. The Morgan fingerprint density at radius 2 is 1.76 bits per heavy atom. The lowest BCUT2D eigenvalue weighted by Gasteiger charge is -2.21. The Hall–Kier alpha value is -0.970. The molecule has 0 heterocycles. The van der Waals surface area contributed by atoms with E-state index in [1.54, 1.807) is 0 Å². The first-order valence-corrected chi connectivity index (χ1v) is 7.81. The van der Waals surface area contributed by atoms with Crippen LogP contribution >= 0.6 is 27.5 Å². The lowest BCUT2D eigenvalue weighted by Crippen LogP contribution is -2.24. The van der Waals surface area contributed by atoms with Crippen molar-refractivity contribution in [1.29, 1.82) is 0 Å². The molecule has 0 aromatic heterocycles. The fraction of sp³-hybridized carbons (Fsp3) is 0.250. The smallest absolute Gasteiger partial charge is 0.129 e. The molecule has 1 atom stereocenters. The van der Waals surface area contributed by atoms with Gasteiger partial charge in [-0.25, -0.2) is 8.78 Å². The Morgan fingerprint density at radius 1 is 1.14 bits per heavy atom. The molecule has 0 aliphatic carbocycles. The Labute approximate surface area is 136 Å². The number of halogens is 4. The summed E-state index contributed by atoms with van der Waals surface area (Å²) in [7, 11) is 0. The molecule has 0 aliphatic rings. The summed E-state index contributed by atoms with van der Waals surface area (Å²) in [5.74, 6) is -1.08. The molecule has 2 aromatic carbocycles. The minimum absolute atomic E-state index is 0.0690. The summed E-state index contributed by atoms with van der Waals surface area (Å²) in [6.07, 6.45) is 0.197. The van der Waals surface area contributed by atoms with Crippen molar-refractivity contribution in [3.05, 3.63) is 68.7 Å². The van der Waals surface area contributed by atoms with E-state index in [-0.39, 0.29) is 18.0 Å². The quantitative estimate of drug-likeness (QED) is 0.751. The highest BCUT2D eigenvalue weighted by Gasteiger charge is 2.19. The van der Waals surface area contributed by atoms with Crippen molar-refractivity contribution in [2.24, 2.45) is 0 Å². The van der Waals surface area contributed by atoms with Crippen LogP contribution in [-0.2, 0) is 6.42 Å². The van der Waals surface area contributed by atoms with E-state index in [2.05, 4.69) is 21.2 Å². The van der Waals surface area contributed by atoms with E-state index in [1.165, 1.54) is 18.2 Å². The van der Waals surface area contributed by atoms with Crippen LogP contribution in [-0.4, -0.2) is 6.54 Å². The number of likely N-dealkylation sites (N-methyl/N-ethyl adjacent to an activating group) is 1. The molecule has 1 nitrogen and oxygen atoms in total. The molecule has 0 bridgehead atoms. The van der Waals surface area contributed by atoms with Gasteiger partial charge in [0, 0.05) is 16.1 Å². The van der Waals surface area contributed by atoms with Gasteiger partial charge in [-0.3, -0.25) is 0 Å². The highest BCUT2D eigenvalue weighted by molar-refractivity contribution is 9.10. The van der Waals surface area contributed by atoms with Gasteiger partial charge in [0.25, 0.3) is 0 Å². The van der Waals surface area contributed by atoms with Gasteiger partial charge in [0.05, 0.1) is 5.02 Å². The molecule has 112 valence electrons. The van der Waals surface area contributed by atoms with Gasteiger partial charge >= 0.3 is 0 Å². The molecular weight excluding hydrogens is 360 g/mol. The monoisotopic (exact) mass is 373 g/mol. The van der Waals surface area contributed by atoms with Crippen LogP contribution < -0.4 is 5.32 Å². The van der Waals surface area contributed by atoms with E-state index in [0.29, 0.717) is 11.6 Å². The molecule has 0 saturated heterocycles. The summed E-state index contributed by atoms with van der Waals surface area (Å²) >= 11 is 9.67. The summed E-state index contributed by atoms with van der Waals surface area (Å²) in [5, 5.41) is 3.79. The van der Waals surface area contributed by atoms with Crippen molar-refractivity contribution >= 4 is 27.5 Å². The van der Waals surface area contributed by atoms with Crippen molar-refractivity contribution in [1.82, 2.24) is 5.32 Å². The Kier molecular flexibility index (Phi) is 5.73. The maximum Gasteiger partial charge on any atom is 0.129 e. The second-order valence-electron chi connectivity index (χ2n) is 4.66. The third-order valence-electron chi connectivity index (χ3n) is 3.28. The van der Waals surface area contributed by atoms with Crippen LogP contribution in [0.25, 0.3) is 0 Å². The van der Waals surface area contributed by atoms with E-state index < -0.39 is 11.6 Å². The third-order valence-corrected chi connectivity index (χ3v) is 4.59. The minimum atomic E-state index is -0.538. The average Bonchev–Trinajstić information content (AvgIpc) is 2.45. The molecule has 2 aromatic rings. The molecule has 0 fully saturated rings. The fourth-order valence-electron chi connectivity index (χ4n) is 2.26. The topological polar surface area (TPSA) is 12.0 Å². The maximum atomic E-state index is 13.8. The molecule has 1 N–H and O–H groups in total. The highest BCUT2D eigenvalue weighted by Crippen LogP contribution is 2.32. The Bertz CT molecular complexity index is 613. The van der Waals surface area contributed by atoms with E-state index in [9.17, 15) is 8.78 Å². The summed E-state index contributed by atoms with van der Waals surface area (Å²) in [4.78, 5) is 0. The third kappa shape index (κ3) is 3.82. The van der Waals surface area contributed by atoms with Crippen molar-refractivity contribution in [2.45, 2.75) is 19.4 Å². The van der Waals surface area contributed by atoms with Gasteiger partial charge in [0.15, 0.2) is 0 Å². The second kappa shape index (κ2) is 7.34. The normalized spacial score (nSPS) is 12.4. The molecule has 0 amide bonds. The van der Waals surface area contributed by atoms with Crippen molar-refractivity contribution in [3.8, 4) is 0 Å². The van der Waals surface area contributed by atoms with E-state index in [0.717, 1.165) is 10.0 Å². The van der Waals surface area contributed by atoms with E-state index in [4.69, 9.17) is 11.6 Å². The van der Waals surface area contributed by atoms with Crippen LogP contribution in [0.4, 0.5) is 8.78 Å². The molecule has 0 aliphatic heterocycles. The number of rotatable bonds is 5. The zero-order valence-electron chi connectivity index (χ0n) is 11.5. The van der Waals surface area contributed by atoms with Crippen molar-refractivity contribution in [2.75, 3.05) is 6.54 Å². The van der Waals surface area contributed by atoms with Gasteiger partial charge in [-0.1, -0.05) is 36.7 Å². The van der Waals surface area contributed by atoms with Crippen molar-refractivity contribution < 1.29 is 8.78 Å². The molecule has 5 heteroatoms. The van der Waals surface area contributed by atoms with Crippen LogP contribution in [0, 0.1) is 11.6 Å². The average molecular weight is 375 g/mol. The molecular formula is C16H15BrClF2N. The summed E-state index contributed by atoms with van der Waals surface area (Å²) < 4.78 is 28.4. The second-order valence-corrected chi connectivity index (χ2v) is 5.89. The van der Waals surface area contributed by atoms with Crippen LogP contribution in [0.2, 0.25) is 5.02 Å². The van der Waals surface area contributed by atoms with E-state index >= 15 is 0 Å². The Morgan fingerprint density at radius 3 is 2.38 bits per heavy atom. The maximum absolute atomic E-state index is 13.8. The molecule has 0 saturated carbocycles.